The molecule has 4 aromatic rings. The molecular formula is C31H27F3N4O. The van der Waals surface area contributed by atoms with Crippen LogP contribution in [0.5, 0.6) is 0 Å². The third-order valence-corrected chi connectivity index (χ3v) is 7.41. The number of halogens is 3. The number of aryl methyl sites for hydroxylation is 1. The lowest BCUT2D eigenvalue weighted by molar-refractivity contribution is -0.137. The summed E-state index contributed by atoms with van der Waals surface area (Å²) in [7, 11) is 0. The van der Waals surface area contributed by atoms with Crippen molar-refractivity contribution >= 4 is 17.6 Å². The number of alkyl halides is 3. The molecule has 2 aliphatic rings. The van der Waals surface area contributed by atoms with Crippen molar-refractivity contribution in [1.29, 1.82) is 0 Å². The molecule has 198 valence electrons. The topological polar surface area (TPSA) is 44.9 Å². The van der Waals surface area contributed by atoms with E-state index in [1.807, 2.05) is 43.3 Å². The number of oxazole rings is 1. The summed E-state index contributed by atoms with van der Waals surface area (Å²) in [5, 5.41) is 6.54. The zero-order valence-electron chi connectivity index (χ0n) is 21.4. The first-order chi connectivity index (χ1) is 18.8. The normalized spacial score (nSPS) is 17.7. The van der Waals surface area contributed by atoms with E-state index in [4.69, 9.17) is 14.5 Å². The van der Waals surface area contributed by atoms with Gasteiger partial charge in [-0.25, -0.2) is 5.01 Å². The quantitative estimate of drug-likeness (QED) is 0.273. The van der Waals surface area contributed by atoms with Crippen LogP contribution in [0.4, 0.5) is 19.0 Å². The Bertz CT molecular complexity index is 1570. The Kier molecular flexibility index (Phi) is 6.35. The highest BCUT2D eigenvalue weighted by Crippen LogP contribution is 2.38. The van der Waals surface area contributed by atoms with E-state index in [-0.39, 0.29) is 11.7 Å². The molecule has 0 bridgehead atoms. The Morgan fingerprint density at radius 3 is 2.41 bits per heavy atom. The first-order valence-corrected chi connectivity index (χ1v) is 12.9. The highest BCUT2D eigenvalue weighted by atomic mass is 19.4. The standard InChI is InChI=1S/C31H27F3N4O/c1-3-21-10-6-7-13-24(21)30-35-29(20(2)39-30)38-28(37-17-16-22-11-4-5-12-23(22)19-37)18-27(36-38)25-14-8-9-15-26(25)31(32,33)34/h3-15,28H,1,16-19H2,2H3. The minimum absolute atomic E-state index is 0.0910. The van der Waals surface area contributed by atoms with Gasteiger partial charge in [0.25, 0.3) is 0 Å². The van der Waals surface area contributed by atoms with Gasteiger partial charge < -0.3 is 4.42 Å². The molecule has 0 N–H and O–H groups in total. The number of hydrogen-bond acceptors (Lipinski definition) is 5. The molecule has 3 heterocycles. The fourth-order valence-corrected chi connectivity index (χ4v) is 5.47. The van der Waals surface area contributed by atoms with Crippen LogP contribution < -0.4 is 5.01 Å². The van der Waals surface area contributed by atoms with Gasteiger partial charge in [-0.1, -0.05) is 73.3 Å². The van der Waals surface area contributed by atoms with Crippen LogP contribution in [0.3, 0.4) is 0 Å². The van der Waals surface area contributed by atoms with Gasteiger partial charge in [0, 0.05) is 30.6 Å². The third kappa shape index (κ3) is 4.65. The molecule has 0 amide bonds. The summed E-state index contributed by atoms with van der Waals surface area (Å²) < 4.78 is 48.0. The van der Waals surface area contributed by atoms with E-state index in [0.717, 1.165) is 30.2 Å². The average Bonchev–Trinajstić information content (AvgIpc) is 3.56. The van der Waals surface area contributed by atoms with Crippen molar-refractivity contribution in [2.75, 3.05) is 11.6 Å². The van der Waals surface area contributed by atoms with E-state index in [9.17, 15) is 13.2 Å². The molecule has 8 heteroatoms. The smallest absolute Gasteiger partial charge is 0.417 e. The van der Waals surface area contributed by atoms with Crippen LogP contribution in [-0.4, -0.2) is 28.3 Å². The molecule has 2 aliphatic heterocycles. The molecular weight excluding hydrogens is 501 g/mol. The van der Waals surface area contributed by atoms with Gasteiger partial charge in [-0.3, -0.25) is 4.90 Å². The number of anilines is 1. The summed E-state index contributed by atoms with van der Waals surface area (Å²) >= 11 is 0. The number of benzene rings is 3. The predicted molar refractivity (Wildman–Crippen MR) is 146 cm³/mol. The van der Waals surface area contributed by atoms with Crippen molar-refractivity contribution in [2.24, 2.45) is 5.10 Å². The largest absolute Gasteiger partial charge is 0.439 e. The Morgan fingerprint density at radius 2 is 1.64 bits per heavy atom. The zero-order valence-corrected chi connectivity index (χ0v) is 21.4. The Balaban J connectivity index is 1.43. The second-order valence-electron chi connectivity index (χ2n) is 9.80. The SMILES string of the molecule is C=Cc1ccccc1-c1nc(N2N=C(c3ccccc3C(F)(F)F)CC2N2CCc3ccccc3C2)c(C)o1. The van der Waals surface area contributed by atoms with Gasteiger partial charge in [0.1, 0.15) is 11.9 Å². The molecule has 1 atom stereocenters. The molecule has 0 fully saturated rings. The Hall–Kier alpha value is -4.17. The van der Waals surface area contributed by atoms with Crippen LogP contribution in [0, 0.1) is 6.92 Å². The molecule has 3 aromatic carbocycles. The summed E-state index contributed by atoms with van der Waals surface area (Å²) in [6, 6.07) is 21.6. The van der Waals surface area contributed by atoms with Crippen molar-refractivity contribution in [3.05, 3.63) is 113 Å². The fraction of sp³-hybridized carbons (Fsp3) is 0.226. The second kappa shape index (κ2) is 9.85. The van der Waals surface area contributed by atoms with Gasteiger partial charge in [0.15, 0.2) is 5.82 Å². The highest BCUT2D eigenvalue weighted by Gasteiger charge is 2.40. The number of rotatable bonds is 5. The van der Waals surface area contributed by atoms with Crippen molar-refractivity contribution in [2.45, 2.75) is 38.7 Å². The van der Waals surface area contributed by atoms with E-state index in [0.29, 0.717) is 36.1 Å². The van der Waals surface area contributed by atoms with Crippen LogP contribution >= 0.6 is 0 Å². The summed E-state index contributed by atoms with van der Waals surface area (Å²) in [6.07, 6.45) is -1.90. The average molecular weight is 529 g/mol. The minimum atomic E-state index is -4.49. The van der Waals surface area contributed by atoms with E-state index < -0.39 is 11.7 Å². The van der Waals surface area contributed by atoms with Gasteiger partial charge in [0.05, 0.1) is 11.3 Å². The number of aromatic nitrogens is 1. The molecule has 0 aliphatic carbocycles. The Labute approximate surface area is 224 Å². The number of hydrazone groups is 1. The lowest BCUT2D eigenvalue weighted by atomic mass is 9.97. The lowest BCUT2D eigenvalue weighted by Gasteiger charge is -2.36. The summed E-state index contributed by atoms with van der Waals surface area (Å²) in [4.78, 5) is 7.08. The van der Waals surface area contributed by atoms with Gasteiger partial charge in [-0.15, -0.1) is 0 Å². The van der Waals surface area contributed by atoms with Gasteiger partial charge in [-0.2, -0.15) is 23.3 Å². The van der Waals surface area contributed by atoms with Crippen molar-refractivity contribution in [1.82, 2.24) is 9.88 Å². The van der Waals surface area contributed by atoms with Crippen LogP contribution in [-0.2, 0) is 19.1 Å². The summed E-state index contributed by atoms with van der Waals surface area (Å²) in [5.74, 6) is 1.45. The van der Waals surface area contributed by atoms with Crippen LogP contribution in [0.25, 0.3) is 17.5 Å². The first-order valence-electron chi connectivity index (χ1n) is 12.9. The van der Waals surface area contributed by atoms with Gasteiger partial charge in [-0.05, 0) is 42.2 Å². The van der Waals surface area contributed by atoms with E-state index >= 15 is 0 Å². The van der Waals surface area contributed by atoms with Crippen molar-refractivity contribution < 1.29 is 17.6 Å². The first kappa shape index (κ1) is 25.1. The molecule has 5 nitrogen and oxygen atoms in total. The van der Waals surface area contributed by atoms with E-state index in [2.05, 4.69) is 23.6 Å². The maximum absolute atomic E-state index is 14.0. The maximum atomic E-state index is 14.0. The van der Waals surface area contributed by atoms with Gasteiger partial charge in [0.2, 0.25) is 5.89 Å². The van der Waals surface area contributed by atoms with E-state index in [1.165, 1.54) is 23.3 Å². The van der Waals surface area contributed by atoms with Crippen LogP contribution in [0.15, 0.2) is 88.9 Å². The molecule has 6 rings (SSSR count). The monoisotopic (exact) mass is 528 g/mol. The fourth-order valence-electron chi connectivity index (χ4n) is 5.47. The minimum Gasteiger partial charge on any atom is -0.439 e. The molecule has 0 saturated carbocycles. The third-order valence-electron chi connectivity index (χ3n) is 7.41. The number of nitrogens with zero attached hydrogens (tertiary/aromatic N) is 4. The van der Waals surface area contributed by atoms with Crippen LogP contribution in [0.1, 0.15) is 40.0 Å². The number of hydrogen-bond donors (Lipinski definition) is 0. The zero-order chi connectivity index (χ0) is 27.1. The lowest BCUT2D eigenvalue weighted by Crippen LogP contribution is -2.46. The highest BCUT2D eigenvalue weighted by molar-refractivity contribution is 6.04. The molecule has 0 saturated heterocycles. The van der Waals surface area contributed by atoms with E-state index in [1.54, 1.807) is 17.2 Å². The van der Waals surface area contributed by atoms with Gasteiger partial charge >= 0.3 is 6.18 Å². The van der Waals surface area contributed by atoms with Crippen molar-refractivity contribution in [3.8, 4) is 11.5 Å². The molecule has 39 heavy (non-hydrogen) atoms. The molecule has 1 aromatic heterocycles. The second-order valence-corrected chi connectivity index (χ2v) is 9.80. The number of fused-ring (bicyclic) bond motifs is 1. The molecule has 1 unspecified atom stereocenters. The predicted octanol–water partition coefficient (Wildman–Crippen LogP) is 7.31. The maximum Gasteiger partial charge on any atom is 0.417 e. The summed E-state index contributed by atoms with van der Waals surface area (Å²) in [5.41, 5.74) is 3.95. The van der Waals surface area contributed by atoms with Crippen molar-refractivity contribution in [3.63, 3.8) is 0 Å². The summed E-state index contributed by atoms with van der Waals surface area (Å²) in [6.45, 7) is 7.12. The Morgan fingerprint density at radius 1 is 0.949 bits per heavy atom. The molecule has 0 spiro atoms. The molecule has 0 radical (unpaired) electrons. The van der Waals surface area contributed by atoms with Crippen LogP contribution in [0.2, 0.25) is 0 Å².